The van der Waals surface area contributed by atoms with E-state index in [4.69, 9.17) is 4.12 Å². The van der Waals surface area contributed by atoms with Gasteiger partial charge in [-0.1, -0.05) is 55.6 Å². The van der Waals surface area contributed by atoms with Crippen molar-refractivity contribution in [3.63, 3.8) is 0 Å². The van der Waals surface area contributed by atoms with Crippen molar-refractivity contribution in [2.24, 2.45) is 0 Å². The third-order valence-electron chi connectivity index (χ3n) is 3.96. The SMILES string of the molecule is C=Cc1c([SiH2]O[SiH](C)C)cc2c(c1C=C)-c1ccccc1-2. The van der Waals surface area contributed by atoms with Gasteiger partial charge < -0.3 is 4.12 Å². The molecule has 1 aliphatic carbocycles. The van der Waals surface area contributed by atoms with E-state index in [1.54, 1.807) is 0 Å². The molecule has 2 aromatic carbocycles. The van der Waals surface area contributed by atoms with Crippen LogP contribution in [0.1, 0.15) is 11.1 Å². The molecule has 0 amide bonds. The van der Waals surface area contributed by atoms with Gasteiger partial charge in [0.1, 0.15) is 0 Å². The lowest BCUT2D eigenvalue weighted by Crippen LogP contribution is -2.27. The molecule has 0 spiro atoms. The Hall–Kier alpha value is -1.69. The van der Waals surface area contributed by atoms with E-state index in [9.17, 15) is 0 Å². The summed E-state index contributed by atoms with van der Waals surface area (Å²) in [6, 6.07) is 10.9. The van der Waals surface area contributed by atoms with Crippen molar-refractivity contribution in [3.05, 3.63) is 54.6 Å². The molecule has 0 aromatic heterocycles. The first-order chi connectivity index (χ1) is 10.2. The van der Waals surface area contributed by atoms with Gasteiger partial charge in [-0.2, -0.15) is 0 Å². The molecule has 0 bridgehead atoms. The summed E-state index contributed by atoms with van der Waals surface area (Å²) in [6.45, 7) is 12.5. The molecule has 0 fully saturated rings. The van der Waals surface area contributed by atoms with Gasteiger partial charge in [-0.3, -0.25) is 0 Å². The Bertz CT molecular complexity index is 732. The Morgan fingerprint density at radius 3 is 2.29 bits per heavy atom. The maximum atomic E-state index is 6.07. The Labute approximate surface area is 130 Å². The molecule has 21 heavy (non-hydrogen) atoms. The van der Waals surface area contributed by atoms with Crippen molar-refractivity contribution in [1.82, 2.24) is 0 Å². The third kappa shape index (κ3) is 2.27. The molecule has 0 atom stereocenters. The zero-order chi connectivity index (χ0) is 15.0. The van der Waals surface area contributed by atoms with Crippen LogP contribution in [0.4, 0.5) is 0 Å². The summed E-state index contributed by atoms with van der Waals surface area (Å²) in [7, 11) is -1.66. The van der Waals surface area contributed by atoms with Crippen molar-refractivity contribution in [1.29, 1.82) is 0 Å². The Morgan fingerprint density at radius 1 is 1.00 bits per heavy atom. The highest BCUT2D eigenvalue weighted by Crippen LogP contribution is 2.49. The number of fused-ring (bicyclic) bond motifs is 4. The van der Waals surface area contributed by atoms with E-state index in [0.717, 1.165) is 0 Å². The highest BCUT2D eigenvalue weighted by molar-refractivity contribution is 6.62. The van der Waals surface area contributed by atoms with Gasteiger partial charge in [-0.15, -0.1) is 0 Å². The van der Waals surface area contributed by atoms with Crippen molar-refractivity contribution in [2.75, 3.05) is 0 Å². The lowest BCUT2D eigenvalue weighted by atomic mass is 9.76. The molecule has 0 saturated heterocycles. The van der Waals surface area contributed by atoms with E-state index < -0.39 is 18.8 Å². The monoisotopic (exact) mass is 308 g/mol. The maximum absolute atomic E-state index is 6.07. The molecule has 3 rings (SSSR count). The molecule has 0 heterocycles. The van der Waals surface area contributed by atoms with Crippen LogP contribution in [0.3, 0.4) is 0 Å². The molecular weight excluding hydrogens is 288 g/mol. The molecule has 1 nitrogen and oxygen atoms in total. The molecule has 0 unspecified atom stereocenters. The summed E-state index contributed by atoms with van der Waals surface area (Å²) in [6.07, 6.45) is 3.93. The van der Waals surface area contributed by atoms with E-state index in [2.05, 4.69) is 56.6 Å². The van der Waals surface area contributed by atoms with Gasteiger partial charge in [0.2, 0.25) is 0 Å². The minimum Gasteiger partial charge on any atom is -0.459 e. The number of benzene rings is 2. The van der Waals surface area contributed by atoms with E-state index >= 15 is 0 Å². The van der Waals surface area contributed by atoms with Gasteiger partial charge >= 0.3 is 0 Å². The summed E-state index contributed by atoms with van der Waals surface area (Å²) >= 11 is 0. The van der Waals surface area contributed by atoms with Crippen molar-refractivity contribution < 1.29 is 4.12 Å². The standard InChI is InChI=1S/C18H20OSi2/c1-5-12-13(6-2)18-15-10-8-7-9-14(15)16(18)11-17(12)20-19-21(3)4/h5-11,21H,1-2,20H2,3-4H3. The first-order valence-corrected chi connectivity index (χ1v) is 11.4. The summed E-state index contributed by atoms with van der Waals surface area (Å²) in [5.74, 6) is 0. The number of rotatable bonds is 5. The highest BCUT2D eigenvalue weighted by atomic mass is 28.3. The maximum Gasteiger partial charge on any atom is 0.179 e. The Balaban J connectivity index is 2.15. The molecular formula is C18H20OSi2. The average Bonchev–Trinajstić information content (AvgIpc) is 2.49. The fourth-order valence-electron chi connectivity index (χ4n) is 2.98. The lowest BCUT2D eigenvalue weighted by molar-refractivity contribution is 0.635. The van der Waals surface area contributed by atoms with Crippen LogP contribution in [-0.2, 0) is 4.12 Å². The molecule has 0 aliphatic heterocycles. The minimum absolute atomic E-state index is 0.690. The molecule has 0 saturated carbocycles. The topological polar surface area (TPSA) is 9.23 Å². The second kappa shape index (κ2) is 5.60. The first-order valence-electron chi connectivity index (χ1n) is 7.33. The van der Waals surface area contributed by atoms with Gasteiger partial charge in [-0.25, -0.2) is 0 Å². The van der Waals surface area contributed by atoms with Crippen LogP contribution < -0.4 is 5.19 Å². The molecule has 106 valence electrons. The summed E-state index contributed by atoms with van der Waals surface area (Å²) in [4.78, 5) is 0. The zero-order valence-electron chi connectivity index (χ0n) is 12.6. The second-order valence-corrected chi connectivity index (χ2v) is 10.1. The zero-order valence-corrected chi connectivity index (χ0v) is 15.2. The molecule has 0 radical (unpaired) electrons. The average molecular weight is 309 g/mol. The number of hydrogen-bond acceptors (Lipinski definition) is 1. The van der Waals surface area contributed by atoms with Gasteiger partial charge in [0.15, 0.2) is 18.8 Å². The van der Waals surface area contributed by atoms with Gasteiger partial charge in [0, 0.05) is 0 Å². The Morgan fingerprint density at radius 2 is 1.67 bits per heavy atom. The smallest absolute Gasteiger partial charge is 0.179 e. The summed E-state index contributed by atoms with van der Waals surface area (Å²) < 4.78 is 6.07. The third-order valence-corrected chi connectivity index (χ3v) is 8.19. The van der Waals surface area contributed by atoms with Gasteiger partial charge in [0.05, 0.1) is 0 Å². The van der Waals surface area contributed by atoms with Crippen LogP contribution in [0.2, 0.25) is 13.1 Å². The molecule has 0 N–H and O–H groups in total. The molecule has 3 heteroatoms. The van der Waals surface area contributed by atoms with Crippen LogP contribution in [-0.4, -0.2) is 18.8 Å². The van der Waals surface area contributed by atoms with Crippen LogP contribution in [0.15, 0.2) is 43.5 Å². The van der Waals surface area contributed by atoms with E-state index in [1.807, 2.05) is 12.2 Å². The van der Waals surface area contributed by atoms with Crippen molar-refractivity contribution in [2.45, 2.75) is 13.1 Å². The van der Waals surface area contributed by atoms with Crippen molar-refractivity contribution in [3.8, 4) is 22.3 Å². The lowest BCUT2D eigenvalue weighted by Gasteiger charge is -2.29. The quantitative estimate of drug-likeness (QED) is 0.657. The fraction of sp³-hybridized carbons (Fsp3) is 0.111. The van der Waals surface area contributed by atoms with Gasteiger partial charge in [-0.05, 0) is 51.7 Å². The van der Waals surface area contributed by atoms with Crippen LogP contribution >= 0.6 is 0 Å². The second-order valence-electron chi connectivity index (χ2n) is 5.60. The predicted molar refractivity (Wildman–Crippen MR) is 99.2 cm³/mol. The molecule has 2 aromatic rings. The Kier molecular flexibility index (Phi) is 3.80. The van der Waals surface area contributed by atoms with Crippen LogP contribution in [0.25, 0.3) is 34.4 Å². The predicted octanol–water partition coefficient (Wildman–Crippen LogP) is 3.33. The summed E-state index contributed by atoms with van der Waals surface area (Å²) in [5.41, 5.74) is 7.80. The highest BCUT2D eigenvalue weighted by Gasteiger charge is 2.26. The fourth-order valence-corrected chi connectivity index (χ4v) is 5.81. The normalized spacial score (nSPS) is 12.1. The largest absolute Gasteiger partial charge is 0.459 e. The van der Waals surface area contributed by atoms with E-state index in [0.29, 0.717) is 0 Å². The van der Waals surface area contributed by atoms with E-state index in [-0.39, 0.29) is 0 Å². The van der Waals surface area contributed by atoms with E-state index in [1.165, 1.54) is 38.6 Å². The molecule has 1 aliphatic rings. The van der Waals surface area contributed by atoms with Gasteiger partial charge in [0.25, 0.3) is 0 Å². The van der Waals surface area contributed by atoms with Crippen LogP contribution in [0, 0.1) is 0 Å². The van der Waals surface area contributed by atoms with Crippen molar-refractivity contribution >= 4 is 36.1 Å². The minimum atomic E-state index is -0.972. The summed E-state index contributed by atoms with van der Waals surface area (Å²) in [5, 5.41) is 1.36. The first kappa shape index (κ1) is 14.3. The van der Waals surface area contributed by atoms with Crippen LogP contribution in [0.5, 0.6) is 0 Å². The number of hydrogen-bond donors (Lipinski definition) is 0.